The summed E-state index contributed by atoms with van der Waals surface area (Å²) in [6, 6.07) is 17.9. The lowest BCUT2D eigenvalue weighted by Crippen LogP contribution is -2.22. The molecule has 1 saturated heterocycles. The van der Waals surface area contributed by atoms with E-state index < -0.39 is 0 Å². The van der Waals surface area contributed by atoms with Crippen molar-refractivity contribution in [1.29, 1.82) is 0 Å². The Morgan fingerprint density at radius 3 is 2.77 bits per heavy atom. The first-order valence-electron chi connectivity index (χ1n) is 10.7. The molecular weight excluding hydrogens is 392 g/mol. The van der Waals surface area contributed by atoms with E-state index >= 15 is 0 Å². The molecule has 4 aromatic rings. The van der Waals surface area contributed by atoms with Gasteiger partial charge < -0.3 is 23.8 Å². The number of pyridine rings is 1. The van der Waals surface area contributed by atoms with Crippen LogP contribution in [0.5, 0.6) is 5.75 Å². The summed E-state index contributed by atoms with van der Waals surface area (Å²) in [6.07, 6.45) is 2.86. The first-order chi connectivity index (χ1) is 15.2. The third-order valence-electron chi connectivity index (χ3n) is 5.89. The first-order valence-corrected chi connectivity index (χ1v) is 10.7. The molecule has 0 bridgehead atoms. The summed E-state index contributed by atoms with van der Waals surface area (Å²) in [5, 5.41) is 2.06. The molecule has 1 atom stereocenters. The summed E-state index contributed by atoms with van der Waals surface area (Å²) in [6.45, 7) is 1.70. The molecule has 3 heterocycles. The topological polar surface area (TPSA) is 65.5 Å². The summed E-state index contributed by atoms with van der Waals surface area (Å²) >= 11 is 0. The Morgan fingerprint density at radius 2 is 2.00 bits per heavy atom. The largest absolute Gasteiger partial charge is 0.497 e. The maximum Gasteiger partial charge on any atom is 0.249 e. The smallest absolute Gasteiger partial charge is 0.249 e. The van der Waals surface area contributed by atoms with E-state index in [0.29, 0.717) is 13.2 Å². The molecule has 6 heteroatoms. The van der Waals surface area contributed by atoms with Crippen LogP contribution in [0.25, 0.3) is 21.9 Å². The van der Waals surface area contributed by atoms with Crippen molar-refractivity contribution in [3.63, 3.8) is 0 Å². The van der Waals surface area contributed by atoms with Crippen molar-refractivity contribution in [3.05, 3.63) is 76.1 Å². The highest BCUT2D eigenvalue weighted by Gasteiger charge is 2.19. The van der Waals surface area contributed by atoms with Crippen LogP contribution < -0.4 is 10.3 Å². The first kappa shape index (κ1) is 19.8. The van der Waals surface area contributed by atoms with Crippen LogP contribution in [0.4, 0.5) is 0 Å². The lowest BCUT2D eigenvalue weighted by Gasteiger charge is -2.22. The molecule has 2 aromatic carbocycles. The quantitative estimate of drug-likeness (QED) is 0.498. The molecule has 160 valence electrons. The van der Waals surface area contributed by atoms with Crippen molar-refractivity contribution in [2.75, 3.05) is 13.7 Å². The maximum atomic E-state index is 12.6. The fourth-order valence-electron chi connectivity index (χ4n) is 4.36. The highest BCUT2D eigenvalue weighted by molar-refractivity contribution is 6.08. The Hall–Kier alpha value is -3.09. The van der Waals surface area contributed by atoms with Gasteiger partial charge in [-0.1, -0.05) is 30.3 Å². The van der Waals surface area contributed by atoms with Gasteiger partial charge in [-0.25, -0.2) is 0 Å². The number of benzene rings is 2. The molecule has 0 aliphatic carbocycles. The zero-order valence-electron chi connectivity index (χ0n) is 17.6. The molecule has 1 fully saturated rings. The van der Waals surface area contributed by atoms with Crippen LogP contribution in [0.3, 0.4) is 0 Å². The van der Waals surface area contributed by atoms with E-state index in [9.17, 15) is 4.79 Å². The van der Waals surface area contributed by atoms with E-state index in [2.05, 4.69) is 27.8 Å². The van der Waals surface area contributed by atoms with Gasteiger partial charge in [0.1, 0.15) is 11.4 Å². The average Bonchev–Trinajstić information content (AvgIpc) is 3.11. The van der Waals surface area contributed by atoms with Gasteiger partial charge >= 0.3 is 0 Å². The van der Waals surface area contributed by atoms with Crippen LogP contribution in [0.2, 0.25) is 0 Å². The van der Waals surface area contributed by atoms with Crippen LogP contribution in [0.15, 0.2) is 59.4 Å². The number of rotatable bonds is 6. The lowest BCUT2D eigenvalue weighted by molar-refractivity contribution is -0.168. The number of ether oxygens (including phenoxy) is 3. The lowest BCUT2D eigenvalue weighted by atomic mass is 10.1. The minimum absolute atomic E-state index is 0.139. The van der Waals surface area contributed by atoms with Crippen molar-refractivity contribution in [1.82, 2.24) is 9.55 Å². The minimum atomic E-state index is -0.208. The highest BCUT2D eigenvalue weighted by Crippen LogP contribution is 2.33. The van der Waals surface area contributed by atoms with Crippen molar-refractivity contribution >= 4 is 21.9 Å². The van der Waals surface area contributed by atoms with Gasteiger partial charge in [-0.3, -0.25) is 4.79 Å². The molecule has 1 unspecified atom stereocenters. The van der Waals surface area contributed by atoms with Crippen molar-refractivity contribution < 1.29 is 14.2 Å². The Balaban J connectivity index is 1.65. The number of H-pyrrole nitrogens is 1. The molecule has 5 rings (SSSR count). The van der Waals surface area contributed by atoms with E-state index in [4.69, 9.17) is 14.2 Å². The molecule has 1 aliphatic rings. The summed E-state index contributed by atoms with van der Waals surface area (Å²) in [5.74, 6) is 0.778. The van der Waals surface area contributed by atoms with E-state index in [1.807, 2.05) is 30.3 Å². The monoisotopic (exact) mass is 418 g/mol. The van der Waals surface area contributed by atoms with Gasteiger partial charge in [-0.05, 0) is 42.5 Å². The Bertz CT molecular complexity index is 1250. The second-order valence-corrected chi connectivity index (χ2v) is 7.94. The number of hydrogen-bond acceptors (Lipinski definition) is 4. The highest BCUT2D eigenvalue weighted by atomic mass is 16.7. The van der Waals surface area contributed by atoms with Crippen LogP contribution in [-0.4, -0.2) is 29.6 Å². The Morgan fingerprint density at radius 1 is 1.13 bits per heavy atom. The van der Waals surface area contributed by atoms with Gasteiger partial charge in [0, 0.05) is 36.1 Å². The van der Waals surface area contributed by atoms with Crippen LogP contribution in [0.1, 0.15) is 30.4 Å². The van der Waals surface area contributed by atoms with Gasteiger partial charge in [-0.2, -0.15) is 0 Å². The van der Waals surface area contributed by atoms with Crippen LogP contribution in [0, 0.1) is 0 Å². The normalized spacial score (nSPS) is 16.7. The van der Waals surface area contributed by atoms with Gasteiger partial charge in [0.25, 0.3) is 0 Å². The molecule has 0 saturated carbocycles. The number of methoxy groups -OCH3 is 1. The van der Waals surface area contributed by atoms with E-state index in [1.54, 1.807) is 13.2 Å². The standard InChI is InChI=1S/C25H26N2O4/c1-29-19-10-11-20-21(14-19)27(15-17-7-3-2-4-8-17)25-24(20)18(13-22(28)26-25)16-31-23-9-5-6-12-30-23/h2-4,7-8,10-11,13-14,23H,5-6,9,12,15-16H2,1H3,(H,26,28). The summed E-state index contributed by atoms with van der Waals surface area (Å²) in [4.78, 5) is 15.6. The molecule has 1 aliphatic heterocycles. The summed E-state index contributed by atoms with van der Waals surface area (Å²) < 4.78 is 19.4. The third kappa shape index (κ3) is 3.96. The number of aromatic amines is 1. The molecule has 2 aromatic heterocycles. The van der Waals surface area contributed by atoms with Crippen LogP contribution in [-0.2, 0) is 22.6 Å². The molecule has 6 nitrogen and oxygen atoms in total. The van der Waals surface area contributed by atoms with Gasteiger partial charge in [0.05, 0.1) is 19.2 Å². The zero-order valence-corrected chi connectivity index (χ0v) is 17.6. The fraction of sp³-hybridized carbons (Fsp3) is 0.320. The van der Waals surface area contributed by atoms with Crippen molar-refractivity contribution in [2.24, 2.45) is 0 Å². The summed E-state index contributed by atoms with van der Waals surface area (Å²) in [5.41, 5.74) is 3.69. The number of hydrogen-bond donors (Lipinski definition) is 1. The average molecular weight is 418 g/mol. The maximum absolute atomic E-state index is 12.6. The third-order valence-corrected chi connectivity index (χ3v) is 5.89. The number of aromatic nitrogens is 2. The molecule has 0 amide bonds. The fourth-order valence-corrected chi connectivity index (χ4v) is 4.36. The van der Waals surface area contributed by atoms with E-state index in [-0.39, 0.29) is 11.8 Å². The minimum Gasteiger partial charge on any atom is -0.497 e. The Labute approximate surface area is 180 Å². The summed E-state index contributed by atoms with van der Waals surface area (Å²) in [7, 11) is 1.66. The van der Waals surface area contributed by atoms with Crippen LogP contribution >= 0.6 is 0 Å². The van der Waals surface area contributed by atoms with E-state index in [1.165, 1.54) is 0 Å². The Kier molecular flexibility index (Phi) is 5.49. The molecule has 0 radical (unpaired) electrons. The second-order valence-electron chi connectivity index (χ2n) is 7.94. The van der Waals surface area contributed by atoms with Crippen molar-refractivity contribution in [3.8, 4) is 5.75 Å². The SMILES string of the molecule is COc1ccc2c3c(COC4CCCCO4)cc(=O)[nH]c3n(Cc3ccccc3)c2c1. The number of fused-ring (bicyclic) bond motifs is 3. The van der Waals surface area contributed by atoms with Gasteiger partial charge in [0.2, 0.25) is 5.56 Å². The predicted molar refractivity (Wildman–Crippen MR) is 121 cm³/mol. The van der Waals surface area contributed by atoms with Gasteiger partial charge in [-0.15, -0.1) is 0 Å². The number of nitrogens with one attached hydrogen (secondary N) is 1. The molecule has 1 N–H and O–H groups in total. The molecular formula is C25H26N2O4. The second kappa shape index (κ2) is 8.57. The molecule has 31 heavy (non-hydrogen) atoms. The van der Waals surface area contributed by atoms with E-state index in [0.717, 1.165) is 64.7 Å². The molecule has 0 spiro atoms. The van der Waals surface area contributed by atoms with Gasteiger partial charge in [0.15, 0.2) is 6.29 Å². The predicted octanol–water partition coefficient (Wildman–Crippen LogP) is 4.58. The zero-order chi connectivity index (χ0) is 21.2. The van der Waals surface area contributed by atoms with Crippen molar-refractivity contribution in [2.45, 2.75) is 38.7 Å². The number of nitrogens with zero attached hydrogens (tertiary/aromatic N) is 1.